The number of para-hydroxylation sites is 1. The molecule has 1 aromatic heterocycles. The third kappa shape index (κ3) is 2.39. The van der Waals surface area contributed by atoms with Gasteiger partial charge in [-0.25, -0.2) is 0 Å². The number of aromatic amines is 1. The first-order valence-corrected chi connectivity index (χ1v) is 7.30. The Morgan fingerprint density at radius 1 is 1.33 bits per heavy atom. The number of fused-ring (bicyclic) bond motifs is 1. The lowest BCUT2D eigenvalue weighted by molar-refractivity contribution is -0.117. The number of carbonyl (C=O) groups excluding carboxylic acids is 2. The fourth-order valence-corrected chi connectivity index (χ4v) is 2.79. The second-order valence-electron chi connectivity index (χ2n) is 5.67. The number of rotatable bonds is 3. The number of nitrogens with zero attached hydrogens (tertiary/aromatic N) is 1. The SMILES string of the molecule is CC(C)NC(=O)c1[nH]c2ccccc2c1N1CCCC1=O. The summed E-state index contributed by atoms with van der Waals surface area (Å²) in [5, 5.41) is 3.81. The number of amides is 2. The summed E-state index contributed by atoms with van der Waals surface area (Å²) in [4.78, 5) is 29.4. The van der Waals surface area contributed by atoms with Crippen LogP contribution < -0.4 is 10.2 Å². The zero-order chi connectivity index (χ0) is 15.0. The van der Waals surface area contributed by atoms with Crippen LogP contribution in [0.15, 0.2) is 24.3 Å². The van der Waals surface area contributed by atoms with E-state index < -0.39 is 0 Å². The second-order valence-corrected chi connectivity index (χ2v) is 5.67. The molecule has 1 aliphatic rings. The van der Waals surface area contributed by atoms with Crippen molar-refractivity contribution in [2.75, 3.05) is 11.4 Å². The summed E-state index contributed by atoms with van der Waals surface area (Å²) in [7, 11) is 0. The molecule has 0 bridgehead atoms. The molecule has 3 rings (SSSR count). The number of carbonyl (C=O) groups is 2. The summed E-state index contributed by atoms with van der Waals surface area (Å²) >= 11 is 0. The van der Waals surface area contributed by atoms with E-state index in [-0.39, 0.29) is 17.9 Å². The first kappa shape index (κ1) is 13.7. The Hall–Kier alpha value is -2.30. The molecule has 0 saturated carbocycles. The molecule has 1 fully saturated rings. The normalized spacial score (nSPS) is 15.2. The Kier molecular flexibility index (Phi) is 3.41. The molecule has 2 N–H and O–H groups in total. The van der Waals surface area contributed by atoms with Gasteiger partial charge in [0.1, 0.15) is 5.69 Å². The maximum Gasteiger partial charge on any atom is 0.270 e. The van der Waals surface area contributed by atoms with Gasteiger partial charge >= 0.3 is 0 Å². The van der Waals surface area contributed by atoms with Crippen LogP contribution in [0.4, 0.5) is 5.69 Å². The van der Waals surface area contributed by atoms with Gasteiger partial charge in [0.2, 0.25) is 5.91 Å². The molecule has 0 unspecified atom stereocenters. The largest absolute Gasteiger partial charge is 0.349 e. The summed E-state index contributed by atoms with van der Waals surface area (Å²) in [5.74, 6) is -0.0887. The van der Waals surface area contributed by atoms with E-state index in [1.807, 2.05) is 38.1 Å². The van der Waals surface area contributed by atoms with Crippen LogP contribution in [0.2, 0.25) is 0 Å². The molecule has 1 aromatic carbocycles. The number of aromatic nitrogens is 1. The lowest BCUT2D eigenvalue weighted by Gasteiger charge is -2.17. The van der Waals surface area contributed by atoms with Crippen molar-refractivity contribution in [2.24, 2.45) is 0 Å². The molecule has 0 radical (unpaired) electrons. The Morgan fingerprint density at radius 3 is 2.76 bits per heavy atom. The number of nitrogens with one attached hydrogen (secondary N) is 2. The Morgan fingerprint density at radius 2 is 2.10 bits per heavy atom. The van der Waals surface area contributed by atoms with Crippen molar-refractivity contribution in [3.8, 4) is 0 Å². The average molecular weight is 285 g/mol. The van der Waals surface area contributed by atoms with Crippen molar-refractivity contribution in [1.82, 2.24) is 10.3 Å². The maximum absolute atomic E-state index is 12.4. The summed E-state index contributed by atoms with van der Waals surface area (Å²) in [6, 6.07) is 7.75. The van der Waals surface area contributed by atoms with Crippen LogP contribution in [0.3, 0.4) is 0 Å². The monoisotopic (exact) mass is 285 g/mol. The highest BCUT2D eigenvalue weighted by Gasteiger charge is 2.29. The standard InChI is InChI=1S/C16H19N3O2/c1-10(2)17-16(21)14-15(19-9-5-8-13(19)20)11-6-3-4-7-12(11)18-14/h3-4,6-7,10,18H,5,8-9H2,1-2H3,(H,17,21). The molecule has 0 atom stereocenters. The number of benzene rings is 1. The topological polar surface area (TPSA) is 65.2 Å². The van der Waals surface area contributed by atoms with E-state index >= 15 is 0 Å². The number of hydrogen-bond acceptors (Lipinski definition) is 2. The van der Waals surface area contributed by atoms with E-state index in [4.69, 9.17) is 0 Å². The molecule has 2 amide bonds. The van der Waals surface area contributed by atoms with Crippen molar-refractivity contribution in [3.05, 3.63) is 30.0 Å². The van der Waals surface area contributed by atoms with Crippen LogP contribution in [0, 0.1) is 0 Å². The number of H-pyrrole nitrogens is 1. The Balaban J connectivity index is 2.14. The van der Waals surface area contributed by atoms with Crippen molar-refractivity contribution in [2.45, 2.75) is 32.7 Å². The van der Waals surface area contributed by atoms with Gasteiger partial charge in [0.25, 0.3) is 5.91 Å². The number of hydrogen-bond donors (Lipinski definition) is 2. The predicted molar refractivity (Wildman–Crippen MR) is 82.5 cm³/mol. The second kappa shape index (κ2) is 5.24. The predicted octanol–water partition coefficient (Wildman–Crippen LogP) is 2.43. The third-order valence-corrected chi connectivity index (χ3v) is 3.67. The first-order chi connectivity index (χ1) is 10.1. The highest BCUT2D eigenvalue weighted by molar-refractivity contribution is 6.13. The van der Waals surface area contributed by atoms with E-state index in [9.17, 15) is 9.59 Å². The smallest absolute Gasteiger partial charge is 0.270 e. The van der Waals surface area contributed by atoms with Crippen molar-refractivity contribution < 1.29 is 9.59 Å². The zero-order valence-electron chi connectivity index (χ0n) is 12.3. The van der Waals surface area contributed by atoms with E-state index in [0.717, 1.165) is 17.3 Å². The number of anilines is 1. The summed E-state index contributed by atoms with van der Waals surface area (Å²) in [6.45, 7) is 4.51. The van der Waals surface area contributed by atoms with Gasteiger partial charge in [0, 0.05) is 29.9 Å². The first-order valence-electron chi connectivity index (χ1n) is 7.30. The Bertz CT molecular complexity index is 703. The van der Waals surface area contributed by atoms with E-state index in [2.05, 4.69) is 10.3 Å². The van der Waals surface area contributed by atoms with Crippen LogP contribution >= 0.6 is 0 Å². The van der Waals surface area contributed by atoms with Crippen molar-refractivity contribution in [3.63, 3.8) is 0 Å². The molecule has 5 heteroatoms. The molecule has 0 aliphatic carbocycles. The molecule has 1 saturated heterocycles. The molecule has 2 heterocycles. The minimum atomic E-state index is -0.170. The molecule has 110 valence electrons. The summed E-state index contributed by atoms with van der Waals surface area (Å²) in [5.41, 5.74) is 2.06. The van der Waals surface area contributed by atoms with Gasteiger partial charge in [-0.05, 0) is 26.3 Å². The molecule has 2 aromatic rings. The van der Waals surface area contributed by atoms with Gasteiger partial charge in [0.05, 0.1) is 5.69 Å². The lowest BCUT2D eigenvalue weighted by Crippen LogP contribution is -2.33. The quantitative estimate of drug-likeness (QED) is 0.909. The highest BCUT2D eigenvalue weighted by atomic mass is 16.2. The van der Waals surface area contributed by atoms with E-state index in [1.54, 1.807) is 4.90 Å². The molecule has 1 aliphatic heterocycles. The summed E-state index contributed by atoms with van der Waals surface area (Å²) in [6.07, 6.45) is 1.38. The van der Waals surface area contributed by atoms with Gasteiger partial charge in [-0.2, -0.15) is 0 Å². The third-order valence-electron chi connectivity index (χ3n) is 3.67. The fraction of sp³-hybridized carbons (Fsp3) is 0.375. The van der Waals surface area contributed by atoms with Gasteiger partial charge in [0.15, 0.2) is 0 Å². The lowest BCUT2D eigenvalue weighted by atomic mass is 10.2. The van der Waals surface area contributed by atoms with Gasteiger partial charge < -0.3 is 15.2 Å². The van der Waals surface area contributed by atoms with Gasteiger partial charge in [-0.1, -0.05) is 18.2 Å². The minimum absolute atomic E-state index is 0.0473. The molecule has 5 nitrogen and oxygen atoms in total. The fourth-order valence-electron chi connectivity index (χ4n) is 2.79. The van der Waals surface area contributed by atoms with Crippen LogP contribution in [-0.2, 0) is 4.79 Å². The van der Waals surface area contributed by atoms with E-state index in [1.165, 1.54) is 0 Å². The van der Waals surface area contributed by atoms with Gasteiger partial charge in [-0.3, -0.25) is 9.59 Å². The maximum atomic E-state index is 12.4. The average Bonchev–Trinajstić information content (AvgIpc) is 3.00. The van der Waals surface area contributed by atoms with E-state index in [0.29, 0.717) is 24.3 Å². The highest BCUT2D eigenvalue weighted by Crippen LogP contribution is 2.33. The van der Waals surface area contributed by atoms with Crippen LogP contribution in [0.5, 0.6) is 0 Å². The van der Waals surface area contributed by atoms with Crippen LogP contribution in [0.25, 0.3) is 10.9 Å². The summed E-state index contributed by atoms with van der Waals surface area (Å²) < 4.78 is 0. The molecular weight excluding hydrogens is 266 g/mol. The zero-order valence-corrected chi connectivity index (χ0v) is 12.3. The van der Waals surface area contributed by atoms with Crippen LogP contribution in [-0.4, -0.2) is 29.4 Å². The van der Waals surface area contributed by atoms with Crippen molar-refractivity contribution >= 4 is 28.4 Å². The minimum Gasteiger partial charge on any atom is -0.349 e. The van der Waals surface area contributed by atoms with Crippen molar-refractivity contribution in [1.29, 1.82) is 0 Å². The molecular formula is C16H19N3O2. The van der Waals surface area contributed by atoms with Gasteiger partial charge in [-0.15, -0.1) is 0 Å². The molecule has 21 heavy (non-hydrogen) atoms. The van der Waals surface area contributed by atoms with Crippen LogP contribution in [0.1, 0.15) is 37.2 Å². The molecule has 0 spiro atoms. The Labute approximate surface area is 123 Å².